The van der Waals surface area contributed by atoms with Gasteiger partial charge in [0.05, 0.1) is 17.7 Å². The fourth-order valence-electron chi connectivity index (χ4n) is 1.83. The number of carbonyl (C=O) groups excluding carboxylic acids is 2. The number of amides is 3. The lowest BCUT2D eigenvalue weighted by molar-refractivity contribution is -0.144. The first-order chi connectivity index (χ1) is 9.49. The van der Waals surface area contributed by atoms with Crippen LogP contribution in [0.5, 0.6) is 0 Å². The van der Waals surface area contributed by atoms with Crippen molar-refractivity contribution >= 4 is 29.2 Å². The average molecular weight is 298 g/mol. The molecule has 9 heteroatoms. The molecule has 1 atom stereocenters. The molecule has 0 bridgehead atoms. The second-order valence-electron chi connectivity index (χ2n) is 4.31. The van der Waals surface area contributed by atoms with Crippen molar-refractivity contribution in [2.24, 2.45) is 0 Å². The summed E-state index contributed by atoms with van der Waals surface area (Å²) in [6.45, 7) is 1.75. The van der Waals surface area contributed by atoms with Gasteiger partial charge in [-0.3, -0.25) is 9.69 Å². The van der Waals surface area contributed by atoms with Gasteiger partial charge in [-0.05, 0) is 6.92 Å². The Kier molecular flexibility index (Phi) is 4.18. The second-order valence-corrected chi connectivity index (χ2v) is 5.24. The molecule has 3 N–H and O–H groups in total. The fourth-order valence-corrected chi connectivity index (χ4v) is 2.55. The number of carboxylic acid groups (broad SMARTS) is 1. The van der Waals surface area contributed by atoms with Crippen LogP contribution < -0.4 is 10.6 Å². The summed E-state index contributed by atoms with van der Waals surface area (Å²) < 4.78 is 0. The van der Waals surface area contributed by atoms with Crippen LogP contribution in [0.4, 0.5) is 4.79 Å². The number of rotatable bonds is 3. The number of aliphatic carboxylic acids is 1. The van der Waals surface area contributed by atoms with Crippen LogP contribution in [0.1, 0.15) is 10.6 Å². The van der Waals surface area contributed by atoms with Gasteiger partial charge in [0.1, 0.15) is 12.6 Å². The number of carboxylic acids is 1. The molecule has 8 nitrogen and oxygen atoms in total. The number of aromatic nitrogens is 1. The highest BCUT2D eigenvalue weighted by molar-refractivity contribution is 7.09. The largest absolute Gasteiger partial charge is 0.480 e. The van der Waals surface area contributed by atoms with Gasteiger partial charge in [0, 0.05) is 11.4 Å². The van der Waals surface area contributed by atoms with E-state index in [1.807, 2.05) is 6.92 Å². The highest BCUT2D eigenvalue weighted by Gasteiger charge is 2.35. The van der Waals surface area contributed by atoms with Gasteiger partial charge in [-0.25, -0.2) is 14.6 Å². The Morgan fingerprint density at radius 1 is 1.65 bits per heavy atom. The van der Waals surface area contributed by atoms with Gasteiger partial charge in [0.15, 0.2) is 0 Å². The molecule has 2 rings (SSSR count). The molecule has 1 fully saturated rings. The predicted molar refractivity (Wildman–Crippen MR) is 70.2 cm³/mol. The zero-order chi connectivity index (χ0) is 14.7. The van der Waals surface area contributed by atoms with E-state index >= 15 is 0 Å². The minimum absolute atomic E-state index is 0.0822. The molecule has 1 aromatic rings. The Morgan fingerprint density at radius 3 is 3.00 bits per heavy atom. The van der Waals surface area contributed by atoms with Crippen molar-refractivity contribution in [3.05, 3.63) is 16.1 Å². The van der Waals surface area contributed by atoms with Crippen molar-refractivity contribution in [1.82, 2.24) is 20.5 Å². The van der Waals surface area contributed by atoms with E-state index in [0.29, 0.717) is 0 Å². The van der Waals surface area contributed by atoms with E-state index in [1.54, 1.807) is 5.51 Å². The van der Waals surface area contributed by atoms with Crippen LogP contribution in [0.15, 0.2) is 5.51 Å². The maximum Gasteiger partial charge on any atom is 0.328 e. The first-order valence-corrected chi connectivity index (χ1v) is 6.80. The van der Waals surface area contributed by atoms with Crippen LogP contribution in [0, 0.1) is 6.92 Å². The van der Waals surface area contributed by atoms with Gasteiger partial charge in [-0.1, -0.05) is 0 Å². The molecule has 2 heterocycles. The molecule has 0 radical (unpaired) electrons. The summed E-state index contributed by atoms with van der Waals surface area (Å²) in [6, 6.07) is -1.62. The molecule has 20 heavy (non-hydrogen) atoms. The molecule has 0 saturated carbocycles. The number of hydrogen-bond acceptors (Lipinski definition) is 5. The summed E-state index contributed by atoms with van der Waals surface area (Å²) in [7, 11) is 0. The maximum atomic E-state index is 12.0. The van der Waals surface area contributed by atoms with Crippen molar-refractivity contribution in [3.8, 4) is 0 Å². The summed E-state index contributed by atoms with van der Waals surface area (Å²) in [5.41, 5.74) is 2.49. The molecule has 1 aliphatic heterocycles. The Bertz CT molecular complexity index is 544. The van der Waals surface area contributed by atoms with Gasteiger partial charge < -0.3 is 15.7 Å². The van der Waals surface area contributed by atoms with Crippen LogP contribution in [0.3, 0.4) is 0 Å². The summed E-state index contributed by atoms with van der Waals surface area (Å²) in [6.07, 6.45) is 0. The molecule has 0 spiro atoms. The van der Waals surface area contributed by atoms with E-state index in [2.05, 4.69) is 15.6 Å². The first-order valence-electron chi connectivity index (χ1n) is 5.92. The van der Waals surface area contributed by atoms with E-state index in [-0.39, 0.29) is 25.5 Å². The van der Waals surface area contributed by atoms with Gasteiger partial charge in [0.25, 0.3) is 0 Å². The van der Waals surface area contributed by atoms with Crippen molar-refractivity contribution in [2.45, 2.75) is 19.5 Å². The Balaban J connectivity index is 2.00. The topological polar surface area (TPSA) is 112 Å². The Labute approximate surface area is 118 Å². The van der Waals surface area contributed by atoms with Crippen LogP contribution >= 0.6 is 11.3 Å². The molecule has 0 aromatic carbocycles. The number of hydrogen-bond donors (Lipinski definition) is 3. The number of urea groups is 1. The number of carbonyl (C=O) groups is 3. The predicted octanol–water partition coefficient (Wildman–Crippen LogP) is -0.454. The Morgan fingerprint density at radius 2 is 2.40 bits per heavy atom. The molecule has 0 aliphatic carbocycles. The molecule has 1 saturated heterocycles. The van der Waals surface area contributed by atoms with Crippen molar-refractivity contribution in [1.29, 1.82) is 0 Å². The third-order valence-corrected chi connectivity index (χ3v) is 3.91. The second kappa shape index (κ2) is 5.87. The van der Waals surface area contributed by atoms with Crippen molar-refractivity contribution < 1.29 is 19.5 Å². The van der Waals surface area contributed by atoms with Crippen LogP contribution in [-0.4, -0.2) is 52.0 Å². The zero-order valence-corrected chi connectivity index (χ0v) is 11.6. The quantitative estimate of drug-likeness (QED) is 0.699. The minimum atomic E-state index is -1.14. The summed E-state index contributed by atoms with van der Waals surface area (Å²) in [5, 5.41) is 14.1. The molecule has 1 aliphatic rings. The lowest BCUT2D eigenvalue weighted by Gasteiger charge is -2.32. The fraction of sp³-hybridized carbons (Fsp3) is 0.455. The molecule has 3 amide bonds. The van der Waals surface area contributed by atoms with E-state index < -0.39 is 18.0 Å². The van der Waals surface area contributed by atoms with E-state index in [1.165, 1.54) is 11.3 Å². The van der Waals surface area contributed by atoms with E-state index in [9.17, 15) is 14.4 Å². The van der Waals surface area contributed by atoms with Crippen molar-refractivity contribution in [3.63, 3.8) is 0 Å². The molecule has 1 unspecified atom stereocenters. The smallest absolute Gasteiger partial charge is 0.328 e. The van der Waals surface area contributed by atoms with Gasteiger partial charge in [-0.15, -0.1) is 11.3 Å². The number of piperazine rings is 1. The Hall–Kier alpha value is -2.16. The van der Waals surface area contributed by atoms with E-state index in [4.69, 9.17) is 5.11 Å². The standard InChI is InChI=1S/C11H14N4O4S/c1-6-8(20-5-14-6)3-13-11(19)15-4-9(16)12-2-7(15)10(17)18/h5,7H,2-4H2,1H3,(H,12,16)(H,13,19)(H,17,18). The summed E-state index contributed by atoms with van der Waals surface area (Å²) in [5.74, 6) is -1.51. The van der Waals surface area contributed by atoms with Crippen LogP contribution in [0.25, 0.3) is 0 Å². The maximum absolute atomic E-state index is 12.0. The third-order valence-electron chi connectivity index (χ3n) is 2.97. The number of thiazole rings is 1. The monoisotopic (exact) mass is 298 g/mol. The van der Waals surface area contributed by atoms with Crippen LogP contribution in [-0.2, 0) is 16.1 Å². The normalized spacial score (nSPS) is 18.6. The first kappa shape index (κ1) is 14.3. The molecular weight excluding hydrogens is 284 g/mol. The molecular formula is C11H14N4O4S. The number of nitrogens with zero attached hydrogens (tertiary/aromatic N) is 2. The number of aryl methyl sites for hydroxylation is 1. The third kappa shape index (κ3) is 3.05. The van der Waals surface area contributed by atoms with Crippen molar-refractivity contribution in [2.75, 3.05) is 13.1 Å². The summed E-state index contributed by atoms with van der Waals surface area (Å²) in [4.78, 5) is 40.4. The zero-order valence-electron chi connectivity index (χ0n) is 10.8. The van der Waals surface area contributed by atoms with Gasteiger partial charge >= 0.3 is 12.0 Å². The van der Waals surface area contributed by atoms with Crippen LogP contribution in [0.2, 0.25) is 0 Å². The van der Waals surface area contributed by atoms with Gasteiger partial charge in [-0.2, -0.15) is 0 Å². The average Bonchev–Trinajstić information content (AvgIpc) is 2.81. The highest BCUT2D eigenvalue weighted by atomic mass is 32.1. The lowest BCUT2D eigenvalue weighted by atomic mass is 10.2. The van der Waals surface area contributed by atoms with Gasteiger partial charge in [0.2, 0.25) is 5.91 Å². The SMILES string of the molecule is Cc1ncsc1CNC(=O)N1CC(=O)NCC1C(=O)O. The highest BCUT2D eigenvalue weighted by Crippen LogP contribution is 2.12. The van der Waals surface area contributed by atoms with E-state index in [0.717, 1.165) is 15.5 Å². The molecule has 108 valence electrons. The minimum Gasteiger partial charge on any atom is -0.480 e. The number of nitrogens with one attached hydrogen (secondary N) is 2. The summed E-state index contributed by atoms with van der Waals surface area (Å²) >= 11 is 1.41. The molecule has 1 aromatic heterocycles. The lowest BCUT2D eigenvalue weighted by Crippen LogP contribution is -2.61.